The van der Waals surface area contributed by atoms with Crippen LogP contribution in [0, 0.1) is 5.92 Å². The van der Waals surface area contributed by atoms with Crippen LogP contribution in [0.4, 0.5) is 0 Å². The van der Waals surface area contributed by atoms with Gasteiger partial charge in [-0.15, -0.1) is 0 Å². The number of aliphatic hydroxyl groups excluding tert-OH is 1. The third kappa shape index (κ3) is 4.85. The first-order valence-electron chi connectivity index (χ1n) is 8.26. The van der Waals surface area contributed by atoms with Gasteiger partial charge in [-0.25, -0.2) is 0 Å². The smallest absolute Gasteiger partial charge is 0.251 e. The van der Waals surface area contributed by atoms with Crippen LogP contribution >= 0.6 is 0 Å². The first-order chi connectivity index (χ1) is 10.2. The number of carbonyl (C=O) groups is 1. The quantitative estimate of drug-likeness (QED) is 0.844. The molecule has 2 atom stereocenters. The van der Waals surface area contributed by atoms with E-state index in [1.54, 1.807) is 0 Å². The highest BCUT2D eigenvalue weighted by Gasteiger charge is 2.23. The predicted octanol–water partition coefficient (Wildman–Crippen LogP) is 3.31. The molecule has 0 saturated heterocycles. The number of aryl methyl sites for hydroxylation is 1. The van der Waals surface area contributed by atoms with Gasteiger partial charge in [0.05, 0.1) is 6.10 Å². The van der Waals surface area contributed by atoms with Crippen LogP contribution in [0.3, 0.4) is 0 Å². The Balaban J connectivity index is 1.82. The molecule has 1 aliphatic carbocycles. The summed E-state index contributed by atoms with van der Waals surface area (Å²) < 4.78 is 0. The molecule has 0 radical (unpaired) electrons. The van der Waals surface area contributed by atoms with Crippen molar-refractivity contribution in [3.63, 3.8) is 0 Å². The van der Waals surface area contributed by atoms with Crippen molar-refractivity contribution in [2.24, 2.45) is 5.92 Å². The molecule has 1 aromatic carbocycles. The Kier molecular flexibility index (Phi) is 6.24. The maximum Gasteiger partial charge on any atom is 0.251 e. The molecular formula is C18H27NO2. The second-order valence-corrected chi connectivity index (χ2v) is 6.12. The second-order valence-electron chi connectivity index (χ2n) is 6.12. The average Bonchev–Trinajstić information content (AvgIpc) is 2.52. The molecule has 0 aromatic heterocycles. The number of hydrogen-bond donors (Lipinski definition) is 2. The molecule has 1 amide bonds. The number of aliphatic hydroxyl groups is 1. The largest absolute Gasteiger partial charge is 0.393 e. The number of unbranched alkanes of at least 4 members (excludes halogenated alkanes) is 1. The summed E-state index contributed by atoms with van der Waals surface area (Å²) in [7, 11) is 0. The van der Waals surface area contributed by atoms with Gasteiger partial charge in [0.25, 0.3) is 5.91 Å². The average molecular weight is 289 g/mol. The summed E-state index contributed by atoms with van der Waals surface area (Å²) in [5.74, 6) is 0.182. The van der Waals surface area contributed by atoms with E-state index in [4.69, 9.17) is 0 Å². The van der Waals surface area contributed by atoms with Gasteiger partial charge in [0.2, 0.25) is 0 Å². The van der Waals surface area contributed by atoms with E-state index in [0.29, 0.717) is 12.1 Å². The Morgan fingerprint density at radius 1 is 1.24 bits per heavy atom. The zero-order chi connectivity index (χ0) is 15.1. The molecule has 0 heterocycles. The molecule has 0 spiro atoms. The van der Waals surface area contributed by atoms with Gasteiger partial charge in [0.1, 0.15) is 0 Å². The summed E-state index contributed by atoms with van der Waals surface area (Å²) in [4.78, 5) is 12.1. The van der Waals surface area contributed by atoms with Crippen LogP contribution in [-0.4, -0.2) is 23.7 Å². The van der Waals surface area contributed by atoms with E-state index >= 15 is 0 Å². The van der Waals surface area contributed by atoms with Crippen molar-refractivity contribution < 1.29 is 9.90 Å². The predicted molar refractivity (Wildman–Crippen MR) is 85.4 cm³/mol. The zero-order valence-electron chi connectivity index (χ0n) is 13.0. The first-order valence-corrected chi connectivity index (χ1v) is 8.26. The lowest BCUT2D eigenvalue weighted by Crippen LogP contribution is -2.36. The number of hydrogen-bond acceptors (Lipinski definition) is 2. The van der Waals surface area contributed by atoms with Gasteiger partial charge in [-0.1, -0.05) is 38.3 Å². The molecule has 1 saturated carbocycles. The molecule has 2 unspecified atom stereocenters. The van der Waals surface area contributed by atoms with Crippen LogP contribution in [-0.2, 0) is 6.42 Å². The van der Waals surface area contributed by atoms with Gasteiger partial charge in [-0.3, -0.25) is 4.79 Å². The van der Waals surface area contributed by atoms with Crippen molar-refractivity contribution in [1.82, 2.24) is 5.32 Å². The van der Waals surface area contributed by atoms with Gasteiger partial charge >= 0.3 is 0 Å². The van der Waals surface area contributed by atoms with E-state index in [9.17, 15) is 9.90 Å². The van der Waals surface area contributed by atoms with Crippen molar-refractivity contribution in [3.05, 3.63) is 35.4 Å². The molecule has 1 fully saturated rings. The summed E-state index contributed by atoms with van der Waals surface area (Å²) in [5.41, 5.74) is 2.00. The Bertz CT molecular complexity index is 441. The fraction of sp³-hybridized carbons (Fsp3) is 0.611. The third-order valence-corrected chi connectivity index (χ3v) is 4.43. The lowest BCUT2D eigenvalue weighted by Gasteiger charge is -2.27. The van der Waals surface area contributed by atoms with E-state index in [-0.39, 0.29) is 17.9 Å². The molecule has 0 aliphatic heterocycles. The van der Waals surface area contributed by atoms with Crippen LogP contribution in [0.5, 0.6) is 0 Å². The monoisotopic (exact) mass is 289 g/mol. The van der Waals surface area contributed by atoms with Crippen molar-refractivity contribution in [1.29, 1.82) is 0 Å². The lowest BCUT2D eigenvalue weighted by atomic mass is 9.86. The minimum atomic E-state index is -0.254. The van der Waals surface area contributed by atoms with Gasteiger partial charge in [0.15, 0.2) is 0 Å². The van der Waals surface area contributed by atoms with E-state index in [2.05, 4.69) is 12.2 Å². The Hall–Kier alpha value is -1.35. The van der Waals surface area contributed by atoms with E-state index in [1.165, 1.54) is 18.4 Å². The molecule has 116 valence electrons. The number of benzene rings is 1. The molecule has 0 bridgehead atoms. The van der Waals surface area contributed by atoms with Crippen molar-refractivity contribution in [3.8, 4) is 0 Å². The summed E-state index contributed by atoms with van der Waals surface area (Å²) in [5, 5.41) is 12.9. The maximum absolute atomic E-state index is 12.1. The SMILES string of the molecule is CCCCc1ccc(C(=O)NCC2CCCCC2O)cc1. The van der Waals surface area contributed by atoms with Gasteiger partial charge in [-0.05, 0) is 43.4 Å². The maximum atomic E-state index is 12.1. The summed E-state index contributed by atoms with van der Waals surface area (Å²) >= 11 is 0. The van der Waals surface area contributed by atoms with E-state index in [0.717, 1.165) is 32.1 Å². The highest BCUT2D eigenvalue weighted by atomic mass is 16.3. The van der Waals surface area contributed by atoms with Crippen molar-refractivity contribution in [2.45, 2.75) is 58.0 Å². The van der Waals surface area contributed by atoms with Crippen LogP contribution < -0.4 is 5.32 Å². The molecule has 2 N–H and O–H groups in total. The summed E-state index contributed by atoms with van der Waals surface area (Å²) in [6, 6.07) is 7.88. The first kappa shape index (κ1) is 16.0. The summed E-state index contributed by atoms with van der Waals surface area (Å²) in [6.45, 7) is 2.76. The number of nitrogens with one attached hydrogen (secondary N) is 1. The Morgan fingerprint density at radius 2 is 1.95 bits per heavy atom. The molecule has 3 heteroatoms. The van der Waals surface area contributed by atoms with Crippen molar-refractivity contribution >= 4 is 5.91 Å². The number of amides is 1. The molecule has 21 heavy (non-hydrogen) atoms. The molecule has 3 nitrogen and oxygen atoms in total. The fourth-order valence-corrected chi connectivity index (χ4v) is 2.96. The van der Waals surface area contributed by atoms with Gasteiger partial charge in [-0.2, -0.15) is 0 Å². The summed E-state index contributed by atoms with van der Waals surface area (Å²) in [6.07, 6.45) is 7.33. The lowest BCUT2D eigenvalue weighted by molar-refractivity contribution is 0.0663. The molecular weight excluding hydrogens is 262 g/mol. The third-order valence-electron chi connectivity index (χ3n) is 4.43. The van der Waals surface area contributed by atoms with Crippen LogP contribution in [0.1, 0.15) is 61.4 Å². The van der Waals surface area contributed by atoms with Crippen LogP contribution in [0.25, 0.3) is 0 Å². The normalized spacial score (nSPS) is 22.0. The second kappa shape index (κ2) is 8.18. The Morgan fingerprint density at radius 3 is 2.62 bits per heavy atom. The molecule has 1 aliphatic rings. The standard InChI is InChI=1S/C18H27NO2/c1-2-3-6-14-9-11-15(12-10-14)18(21)19-13-16-7-4-5-8-17(16)20/h9-12,16-17,20H,2-8,13H2,1H3,(H,19,21). The number of carbonyl (C=O) groups excluding carboxylic acids is 1. The highest BCUT2D eigenvalue weighted by molar-refractivity contribution is 5.94. The number of rotatable bonds is 6. The van der Waals surface area contributed by atoms with Crippen LogP contribution in [0.15, 0.2) is 24.3 Å². The Labute approximate surface area is 127 Å². The van der Waals surface area contributed by atoms with Crippen molar-refractivity contribution in [2.75, 3.05) is 6.54 Å². The molecule has 2 rings (SSSR count). The minimum Gasteiger partial charge on any atom is -0.393 e. The minimum absolute atomic E-state index is 0.0326. The van der Waals surface area contributed by atoms with Gasteiger partial charge in [0, 0.05) is 18.0 Å². The van der Waals surface area contributed by atoms with Gasteiger partial charge < -0.3 is 10.4 Å². The van der Waals surface area contributed by atoms with E-state index in [1.807, 2.05) is 24.3 Å². The topological polar surface area (TPSA) is 49.3 Å². The zero-order valence-corrected chi connectivity index (χ0v) is 13.0. The highest BCUT2D eigenvalue weighted by Crippen LogP contribution is 2.23. The molecule has 1 aromatic rings. The van der Waals surface area contributed by atoms with Crippen LogP contribution in [0.2, 0.25) is 0 Å². The van der Waals surface area contributed by atoms with E-state index < -0.39 is 0 Å². The fourth-order valence-electron chi connectivity index (χ4n) is 2.96.